The maximum Gasteiger partial charge on any atom is 0.294 e. The van der Waals surface area contributed by atoms with Crippen molar-refractivity contribution in [1.29, 1.82) is 0 Å². The Morgan fingerprint density at radius 2 is 1.83 bits per heavy atom. The first-order chi connectivity index (χ1) is 17.1. The molecule has 2 heterocycles. The molecule has 1 aliphatic heterocycles. The van der Waals surface area contributed by atoms with Gasteiger partial charge in [0.25, 0.3) is 5.91 Å². The molecule has 5 aromatic rings. The van der Waals surface area contributed by atoms with Gasteiger partial charge in [-0.25, -0.2) is 0 Å². The molecule has 1 amide bonds. The Kier molecular flexibility index (Phi) is 5.15. The van der Waals surface area contributed by atoms with Crippen molar-refractivity contribution in [2.24, 2.45) is 0 Å². The van der Waals surface area contributed by atoms with E-state index in [1.165, 1.54) is 0 Å². The zero-order valence-electron chi connectivity index (χ0n) is 19.0. The van der Waals surface area contributed by atoms with Crippen molar-refractivity contribution in [3.05, 3.63) is 90.2 Å². The average Bonchev–Trinajstić information content (AvgIpc) is 3.49. The number of alkyl halides is 1. The number of phenolic OH excluding ortho intramolecular Hbond substituents is 1. The van der Waals surface area contributed by atoms with Gasteiger partial charge in [-0.3, -0.25) is 4.79 Å². The van der Waals surface area contributed by atoms with Crippen LogP contribution in [0.15, 0.2) is 83.3 Å². The molecule has 0 radical (unpaired) electrons. The number of aromatic hydroxyl groups is 1. The van der Waals surface area contributed by atoms with Crippen LogP contribution in [-0.4, -0.2) is 30.5 Å². The number of benzene rings is 4. The van der Waals surface area contributed by atoms with Crippen LogP contribution in [0.3, 0.4) is 0 Å². The average molecular weight is 484 g/mol. The van der Waals surface area contributed by atoms with E-state index < -0.39 is 0 Å². The van der Waals surface area contributed by atoms with Crippen molar-refractivity contribution >= 4 is 44.9 Å². The molecule has 0 fully saturated rings. The molecule has 5 nitrogen and oxygen atoms in total. The molecule has 35 heavy (non-hydrogen) atoms. The van der Waals surface area contributed by atoms with Crippen LogP contribution in [-0.2, 0) is 0 Å². The van der Waals surface area contributed by atoms with Gasteiger partial charge >= 0.3 is 0 Å². The fourth-order valence-corrected chi connectivity index (χ4v) is 5.28. The highest BCUT2D eigenvalue weighted by atomic mass is 35.5. The Balaban J connectivity index is 1.52. The van der Waals surface area contributed by atoms with Crippen LogP contribution in [0.5, 0.6) is 11.5 Å². The summed E-state index contributed by atoms with van der Waals surface area (Å²) in [4.78, 5) is 15.5. The van der Waals surface area contributed by atoms with Crippen LogP contribution >= 0.6 is 11.6 Å². The number of amides is 1. The summed E-state index contributed by atoms with van der Waals surface area (Å²) < 4.78 is 11.2. The van der Waals surface area contributed by atoms with Gasteiger partial charge < -0.3 is 19.2 Å². The van der Waals surface area contributed by atoms with Crippen molar-refractivity contribution in [2.75, 3.05) is 24.4 Å². The largest absolute Gasteiger partial charge is 0.508 e. The van der Waals surface area contributed by atoms with E-state index in [0.717, 1.165) is 38.5 Å². The maximum absolute atomic E-state index is 13.7. The fourth-order valence-electron chi connectivity index (χ4n) is 5.03. The standard InChI is InChI=1S/C29H22ClNO4/c1-34-21-10-11-26-18(12-21)13-27(35-26)29(33)31-16-19(15-30)28-23-5-3-2-4-22(23)24(14-25(28)31)17-6-8-20(32)9-7-17/h2-14,19,32H,15-16H2,1H3. The predicted octanol–water partition coefficient (Wildman–Crippen LogP) is 6.95. The lowest BCUT2D eigenvalue weighted by molar-refractivity contribution is 0.0964. The van der Waals surface area contributed by atoms with E-state index in [1.54, 1.807) is 36.3 Å². The summed E-state index contributed by atoms with van der Waals surface area (Å²) in [6.07, 6.45) is 0. The number of methoxy groups -OCH3 is 1. The number of phenols is 1. The molecule has 4 aromatic carbocycles. The number of furan rings is 1. The number of carbonyl (C=O) groups excluding carboxylic acids is 1. The minimum absolute atomic E-state index is 0.00106. The first kappa shape index (κ1) is 21.6. The van der Waals surface area contributed by atoms with Crippen LogP contribution in [0.4, 0.5) is 5.69 Å². The molecule has 0 aliphatic carbocycles. The van der Waals surface area contributed by atoms with Crippen LogP contribution in [0.1, 0.15) is 22.0 Å². The summed E-state index contributed by atoms with van der Waals surface area (Å²) in [6.45, 7) is 0.473. The fraction of sp³-hybridized carbons (Fsp3) is 0.138. The van der Waals surface area contributed by atoms with E-state index in [9.17, 15) is 9.90 Å². The summed E-state index contributed by atoms with van der Waals surface area (Å²) in [7, 11) is 1.61. The molecule has 174 valence electrons. The quantitative estimate of drug-likeness (QED) is 0.281. The lowest BCUT2D eigenvalue weighted by Crippen LogP contribution is -2.29. The summed E-state index contributed by atoms with van der Waals surface area (Å²) >= 11 is 6.42. The minimum Gasteiger partial charge on any atom is -0.508 e. The normalized spacial score (nSPS) is 15.0. The molecule has 1 aromatic heterocycles. The number of halogens is 1. The van der Waals surface area contributed by atoms with Crippen LogP contribution in [0.2, 0.25) is 0 Å². The van der Waals surface area contributed by atoms with E-state index >= 15 is 0 Å². The zero-order valence-corrected chi connectivity index (χ0v) is 19.8. The van der Waals surface area contributed by atoms with Crippen molar-refractivity contribution in [3.8, 4) is 22.6 Å². The van der Waals surface area contributed by atoms with Gasteiger partial charge in [0.1, 0.15) is 17.1 Å². The van der Waals surface area contributed by atoms with Crippen molar-refractivity contribution < 1.29 is 19.1 Å². The summed E-state index contributed by atoms with van der Waals surface area (Å²) in [6, 6.07) is 24.6. The minimum atomic E-state index is -0.207. The maximum atomic E-state index is 13.7. The Morgan fingerprint density at radius 1 is 1.06 bits per heavy atom. The number of anilines is 1. The zero-order chi connectivity index (χ0) is 24.1. The van der Waals surface area contributed by atoms with Crippen molar-refractivity contribution in [3.63, 3.8) is 0 Å². The second kappa shape index (κ2) is 8.36. The van der Waals surface area contributed by atoms with Crippen LogP contribution < -0.4 is 9.64 Å². The number of fused-ring (bicyclic) bond motifs is 4. The van der Waals surface area contributed by atoms with Gasteiger partial charge in [-0.2, -0.15) is 0 Å². The highest BCUT2D eigenvalue weighted by Gasteiger charge is 2.36. The van der Waals surface area contributed by atoms with E-state index in [-0.39, 0.29) is 23.3 Å². The van der Waals surface area contributed by atoms with Crippen LogP contribution in [0.25, 0.3) is 32.9 Å². The number of hydrogen-bond acceptors (Lipinski definition) is 4. The van der Waals surface area contributed by atoms with Crippen molar-refractivity contribution in [2.45, 2.75) is 5.92 Å². The first-order valence-corrected chi connectivity index (χ1v) is 11.9. The second-order valence-corrected chi connectivity index (χ2v) is 9.04. The third-order valence-corrected chi connectivity index (χ3v) is 7.08. The Hall–Kier alpha value is -3.96. The third-order valence-electron chi connectivity index (χ3n) is 6.71. The topological polar surface area (TPSA) is 62.9 Å². The van der Waals surface area contributed by atoms with Gasteiger partial charge in [0, 0.05) is 29.4 Å². The van der Waals surface area contributed by atoms with Gasteiger partial charge in [-0.1, -0.05) is 36.4 Å². The number of rotatable bonds is 4. The molecular formula is C29H22ClNO4. The summed E-state index contributed by atoms with van der Waals surface area (Å²) in [5, 5.41) is 12.7. The number of nitrogens with zero attached hydrogens (tertiary/aromatic N) is 1. The molecule has 0 spiro atoms. The lowest BCUT2D eigenvalue weighted by atomic mass is 9.90. The molecule has 0 saturated carbocycles. The van der Waals surface area contributed by atoms with Gasteiger partial charge in [0.05, 0.1) is 7.11 Å². The van der Waals surface area contributed by atoms with E-state index in [4.69, 9.17) is 20.8 Å². The molecular weight excluding hydrogens is 462 g/mol. The molecule has 1 aliphatic rings. The van der Waals surface area contributed by atoms with E-state index in [2.05, 4.69) is 18.2 Å². The SMILES string of the molecule is COc1ccc2oc(C(=O)N3CC(CCl)c4c3cc(-c3ccc(O)cc3)c3ccccc43)cc2c1. The molecule has 6 heteroatoms. The van der Waals surface area contributed by atoms with Gasteiger partial charge in [0.15, 0.2) is 5.76 Å². The third kappa shape index (κ3) is 3.51. The Bertz CT molecular complexity index is 1590. The Morgan fingerprint density at radius 3 is 2.57 bits per heavy atom. The molecule has 0 saturated heterocycles. The monoisotopic (exact) mass is 483 g/mol. The van der Waals surface area contributed by atoms with Gasteiger partial charge in [-0.15, -0.1) is 11.6 Å². The Labute approximate surface area is 207 Å². The summed E-state index contributed by atoms with van der Waals surface area (Å²) in [5.41, 5.74) is 4.48. The molecule has 6 rings (SSSR count). The first-order valence-electron chi connectivity index (χ1n) is 11.4. The van der Waals surface area contributed by atoms with Gasteiger partial charge in [0.2, 0.25) is 0 Å². The molecule has 1 unspecified atom stereocenters. The number of hydrogen-bond donors (Lipinski definition) is 1. The van der Waals surface area contributed by atoms with Gasteiger partial charge in [-0.05, 0) is 69.9 Å². The van der Waals surface area contributed by atoms with Crippen LogP contribution in [0, 0.1) is 0 Å². The highest BCUT2D eigenvalue weighted by molar-refractivity contribution is 6.19. The second-order valence-electron chi connectivity index (χ2n) is 8.73. The number of ether oxygens (including phenoxy) is 1. The predicted molar refractivity (Wildman–Crippen MR) is 139 cm³/mol. The number of carbonyl (C=O) groups is 1. The van der Waals surface area contributed by atoms with E-state index in [1.807, 2.05) is 36.4 Å². The lowest BCUT2D eigenvalue weighted by Gasteiger charge is -2.18. The van der Waals surface area contributed by atoms with Crippen molar-refractivity contribution in [1.82, 2.24) is 0 Å². The highest BCUT2D eigenvalue weighted by Crippen LogP contribution is 2.46. The molecule has 0 bridgehead atoms. The molecule has 1 N–H and O–H groups in total. The smallest absolute Gasteiger partial charge is 0.294 e. The van der Waals surface area contributed by atoms with E-state index in [0.29, 0.717) is 23.8 Å². The summed E-state index contributed by atoms with van der Waals surface area (Å²) in [5.74, 6) is 1.38. The molecule has 1 atom stereocenters.